The maximum atomic E-state index is 12.6. The third-order valence-corrected chi connectivity index (χ3v) is 4.95. The summed E-state index contributed by atoms with van der Waals surface area (Å²) >= 11 is 0. The number of aromatic nitrogens is 2. The molecule has 28 heavy (non-hydrogen) atoms. The Morgan fingerprint density at radius 2 is 2.00 bits per heavy atom. The summed E-state index contributed by atoms with van der Waals surface area (Å²) in [6.45, 7) is 4.83. The van der Waals surface area contributed by atoms with E-state index < -0.39 is 0 Å². The second kappa shape index (κ2) is 8.27. The van der Waals surface area contributed by atoms with E-state index in [4.69, 9.17) is 4.74 Å². The zero-order chi connectivity index (χ0) is 19.3. The van der Waals surface area contributed by atoms with Crippen molar-refractivity contribution < 1.29 is 9.53 Å². The molecule has 6 nitrogen and oxygen atoms in total. The number of carbonyl (C=O) groups excluding carboxylic acids is 1. The van der Waals surface area contributed by atoms with Gasteiger partial charge >= 0.3 is 0 Å². The number of ether oxygens (including phenoxy) is 1. The zero-order valence-electron chi connectivity index (χ0n) is 16.0. The van der Waals surface area contributed by atoms with E-state index in [1.165, 1.54) is 0 Å². The van der Waals surface area contributed by atoms with Gasteiger partial charge in [-0.05, 0) is 24.6 Å². The van der Waals surface area contributed by atoms with Crippen LogP contribution in [0.5, 0.6) is 5.75 Å². The van der Waals surface area contributed by atoms with Crippen LogP contribution in [-0.4, -0.2) is 40.1 Å². The van der Waals surface area contributed by atoms with E-state index in [-0.39, 0.29) is 5.91 Å². The highest BCUT2D eigenvalue weighted by Crippen LogP contribution is 2.22. The third kappa shape index (κ3) is 4.07. The molecule has 0 spiro atoms. The molecule has 0 bridgehead atoms. The van der Waals surface area contributed by atoms with E-state index >= 15 is 0 Å². The summed E-state index contributed by atoms with van der Waals surface area (Å²) in [5, 5.41) is 3.06. The van der Waals surface area contributed by atoms with Crippen LogP contribution in [0.2, 0.25) is 0 Å². The summed E-state index contributed by atoms with van der Waals surface area (Å²) in [5.41, 5.74) is 3.21. The number of amides is 1. The number of hydrogen-bond donors (Lipinski definition) is 1. The Morgan fingerprint density at radius 3 is 2.86 bits per heavy atom. The lowest BCUT2D eigenvalue weighted by Gasteiger charge is -2.19. The molecule has 1 aromatic heterocycles. The van der Waals surface area contributed by atoms with Crippen LogP contribution in [0.4, 0.5) is 0 Å². The fourth-order valence-corrected chi connectivity index (χ4v) is 3.50. The number of hydrogen-bond acceptors (Lipinski definition) is 4. The van der Waals surface area contributed by atoms with Crippen molar-refractivity contribution >= 4 is 5.91 Å². The third-order valence-electron chi connectivity index (χ3n) is 4.95. The van der Waals surface area contributed by atoms with Crippen molar-refractivity contribution in [3.63, 3.8) is 0 Å². The summed E-state index contributed by atoms with van der Waals surface area (Å²) in [7, 11) is 0. The van der Waals surface area contributed by atoms with Gasteiger partial charge in [0.25, 0.3) is 0 Å². The molecule has 0 saturated heterocycles. The van der Waals surface area contributed by atoms with Gasteiger partial charge in [0.2, 0.25) is 5.91 Å². The SMILES string of the molecule is Cc1nccn1-c1ccccc1CNC(=O)CN1CCOc2ccccc2C1. The molecule has 0 unspecified atom stereocenters. The second-order valence-electron chi connectivity index (χ2n) is 6.92. The molecular formula is C22H24N4O2. The number of aryl methyl sites for hydroxylation is 1. The number of benzene rings is 2. The van der Waals surface area contributed by atoms with Gasteiger partial charge in [0.1, 0.15) is 18.2 Å². The fourth-order valence-electron chi connectivity index (χ4n) is 3.50. The van der Waals surface area contributed by atoms with Gasteiger partial charge in [-0.2, -0.15) is 0 Å². The fraction of sp³-hybridized carbons (Fsp3) is 0.273. The number of fused-ring (bicyclic) bond motifs is 1. The second-order valence-corrected chi connectivity index (χ2v) is 6.92. The molecule has 0 fully saturated rings. The molecule has 6 heteroatoms. The predicted molar refractivity (Wildman–Crippen MR) is 107 cm³/mol. The van der Waals surface area contributed by atoms with Crippen LogP contribution in [-0.2, 0) is 17.9 Å². The largest absolute Gasteiger partial charge is 0.492 e. The quantitative estimate of drug-likeness (QED) is 0.744. The van der Waals surface area contributed by atoms with Crippen LogP contribution in [0, 0.1) is 6.92 Å². The molecule has 0 radical (unpaired) electrons. The van der Waals surface area contributed by atoms with Gasteiger partial charge in [0, 0.05) is 37.6 Å². The molecule has 0 atom stereocenters. The Hall–Kier alpha value is -3.12. The van der Waals surface area contributed by atoms with Crippen molar-refractivity contribution in [1.82, 2.24) is 19.8 Å². The Labute approximate surface area is 164 Å². The van der Waals surface area contributed by atoms with Crippen LogP contribution in [0.3, 0.4) is 0 Å². The molecule has 1 amide bonds. The van der Waals surface area contributed by atoms with E-state index in [2.05, 4.69) is 21.3 Å². The molecule has 1 aliphatic heterocycles. The highest BCUT2D eigenvalue weighted by molar-refractivity contribution is 5.78. The molecule has 0 aliphatic carbocycles. The van der Waals surface area contributed by atoms with E-state index in [1.807, 2.05) is 60.2 Å². The standard InChI is InChI=1S/C22H24N4O2/c1-17-23-10-11-26(17)20-8-4-2-6-18(20)14-24-22(27)16-25-12-13-28-21-9-5-3-7-19(21)15-25/h2-11H,12-16H2,1H3,(H,24,27). The van der Waals surface area contributed by atoms with Crippen LogP contribution < -0.4 is 10.1 Å². The highest BCUT2D eigenvalue weighted by atomic mass is 16.5. The normalized spacial score (nSPS) is 14.0. The average molecular weight is 376 g/mol. The minimum atomic E-state index is 0.0107. The highest BCUT2D eigenvalue weighted by Gasteiger charge is 2.17. The first-order valence-electron chi connectivity index (χ1n) is 9.49. The number of nitrogens with zero attached hydrogens (tertiary/aromatic N) is 3. The topological polar surface area (TPSA) is 59.4 Å². The van der Waals surface area contributed by atoms with Gasteiger partial charge in [-0.1, -0.05) is 36.4 Å². The lowest BCUT2D eigenvalue weighted by atomic mass is 10.1. The van der Waals surface area contributed by atoms with E-state index in [0.29, 0.717) is 26.2 Å². The first-order chi connectivity index (χ1) is 13.7. The molecule has 4 rings (SSSR count). The number of para-hydroxylation sites is 2. The first kappa shape index (κ1) is 18.3. The maximum Gasteiger partial charge on any atom is 0.234 e. The van der Waals surface area contributed by atoms with Gasteiger partial charge in [-0.15, -0.1) is 0 Å². The van der Waals surface area contributed by atoms with Crippen molar-refractivity contribution in [1.29, 1.82) is 0 Å². The van der Waals surface area contributed by atoms with Crippen LogP contribution in [0.25, 0.3) is 5.69 Å². The van der Waals surface area contributed by atoms with Gasteiger partial charge in [-0.25, -0.2) is 4.98 Å². The smallest absolute Gasteiger partial charge is 0.234 e. The van der Waals surface area contributed by atoms with Crippen LogP contribution in [0.15, 0.2) is 60.9 Å². The van der Waals surface area contributed by atoms with Crippen LogP contribution in [0.1, 0.15) is 17.0 Å². The van der Waals surface area contributed by atoms with Crippen molar-refractivity contribution in [2.75, 3.05) is 19.7 Å². The Morgan fingerprint density at radius 1 is 1.18 bits per heavy atom. The monoisotopic (exact) mass is 376 g/mol. The summed E-state index contributed by atoms with van der Waals surface area (Å²) in [6.07, 6.45) is 3.72. The van der Waals surface area contributed by atoms with E-state index in [1.54, 1.807) is 6.20 Å². The summed E-state index contributed by atoms with van der Waals surface area (Å²) < 4.78 is 7.81. The van der Waals surface area contributed by atoms with E-state index in [9.17, 15) is 4.79 Å². The molecule has 3 aromatic rings. The molecule has 1 aliphatic rings. The van der Waals surface area contributed by atoms with Crippen molar-refractivity contribution in [3.8, 4) is 11.4 Å². The minimum absolute atomic E-state index is 0.0107. The molecule has 1 N–H and O–H groups in total. The Bertz CT molecular complexity index is 966. The number of nitrogens with one attached hydrogen (secondary N) is 1. The average Bonchev–Trinajstić information content (AvgIpc) is 3.02. The summed E-state index contributed by atoms with van der Waals surface area (Å²) in [6, 6.07) is 16.1. The summed E-state index contributed by atoms with van der Waals surface area (Å²) in [5.74, 6) is 1.84. The first-order valence-corrected chi connectivity index (χ1v) is 9.49. The lowest BCUT2D eigenvalue weighted by Crippen LogP contribution is -2.37. The minimum Gasteiger partial charge on any atom is -0.492 e. The number of carbonyl (C=O) groups is 1. The van der Waals surface area contributed by atoms with Gasteiger partial charge < -0.3 is 14.6 Å². The molecule has 0 saturated carbocycles. The van der Waals surface area contributed by atoms with Gasteiger partial charge in [0.05, 0.1) is 12.2 Å². The Balaban J connectivity index is 1.39. The summed E-state index contributed by atoms with van der Waals surface area (Å²) in [4.78, 5) is 19.0. The van der Waals surface area contributed by atoms with Crippen molar-refractivity contribution in [2.45, 2.75) is 20.0 Å². The maximum absolute atomic E-state index is 12.6. The zero-order valence-corrected chi connectivity index (χ0v) is 16.0. The Kier molecular flexibility index (Phi) is 5.39. The molecular weight excluding hydrogens is 352 g/mol. The van der Waals surface area contributed by atoms with Gasteiger partial charge in [0.15, 0.2) is 0 Å². The van der Waals surface area contributed by atoms with Crippen molar-refractivity contribution in [3.05, 3.63) is 77.9 Å². The molecule has 2 aromatic carbocycles. The predicted octanol–water partition coefficient (Wildman–Crippen LogP) is 2.69. The number of imidazole rings is 1. The molecule has 2 heterocycles. The van der Waals surface area contributed by atoms with Crippen LogP contribution >= 0.6 is 0 Å². The van der Waals surface area contributed by atoms with Gasteiger partial charge in [-0.3, -0.25) is 9.69 Å². The lowest BCUT2D eigenvalue weighted by molar-refractivity contribution is -0.122. The van der Waals surface area contributed by atoms with E-state index in [0.717, 1.165) is 34.9 Å². The van der Waals surface area contributed by atoms with Crippen molar-refractivity contribution in [2.24, 2.45) is 0 Å². The molecule has 144 valence electrons. The number of rotatable bonds is 5.